The number of rotatable bonds is 0. The number of carbonyl (C=O) groups is 1. The molecule has 0 saturated heterocycles. The molecular weight excluding hydrogens is 216 g/mol. The minimum Gasteiger partial charge on any atom is -0.343 e. The highest BCUT2D eigenvalue weighted by Gasteiger charge is 2.29. The van der Waals surface area contributed by atoms with Crippen molar-refractivity contribution in [3.63, 3.8) is 0 Å². The molecule has 0 saturated carbocycles. The molecule has 0 aromatic carbocycles. The number of urea groups is 1. The van der Waals surface area contributed by atoms with E-state index in [1.807, 2.05) is 12.3 Å². The quantitative estimate of drug-likeness (QED) is 0.188. The van der Waals surface area contributed by atoms with Crippen molar-refractivity contribution in [1.82, 2.24) is 26.3 Å². The Morgan fingerprint density at radius 3 is 3.07 bits per heavy atom. The molecule has 0 fully saturated rings. The first kappa shape index (κ1) is 9.90. The van der Waals surface area contributed by atoms with Gasteiger partial charge in [0, 0.05) is 5.70 Å². The summed E-state index contributed by atoms with van der Waals surface area (Å²) in [5, 5.41) is 5.82. The van der Waals surface area contributed by atoms with Gasteiger partial charge in [-0.1, -0.05) is 12.2 Å². The molecule has 2 amide bonds. The van der Waals surface area contributed by atoms with Crippen molar-refractivity contribution in [2.45, 2.75) is 6.92 Å². The highest BCUT2D eigenvalue weighted by atomic mass is 32.1. The fourth-order valence-corrected chi connectivity index (χ4v) is 1.60. The van der Waals surface area contributed by atoms with Crippen LogP contribution in [0.3, 0.4) is 0 Å². The molecule has 0 aliphatic carbocycles. The van der Waals surface area contributed by atoms with E-state index in [-0.39, 0.29) is 0 Å². The van der Waals surface area contributed by atoms with Crippen LogP contribution in [0.5, 0.6) is 0 Å². The average molecular weight is 226 g/mol. The number of hydrazine groups is 3. The molecule has 0 aromatic heterocycles. The minimum absolute atomic E-state index is 0.473. The van der Waals surface area contributed by atoms with Gasteiger partial charge in [-0.3, -0.25) is 5.43 Å². The van der Waals surface area contributed by atoms with E-state index in [9.17, 15) is 4.79 Å². The summed E-state index contributed by atoms with van der Waals surface area (Å²) in [6.45, 7) is 1.89. The Morgan fingerprint density at radius 2 is 2.40 bits per heavy atom. The van der Waals surface area contributed by atoms with Crippen LogP contribution in [0, 0.1) is 0 Å². The second kappa shape index (κ2) is 3.50. The number of hydrogen-bond donors (Lipinski definition) is 4. The topological polar surface area (TPSA) is 85.7 Å². The van der Waals surface area contributed by atoms with Gasteiger partial charge in [-0.2, -0.15) is 0 Å². The van der Waals surface area contributed by atoms with E-state index in [1.54, 1.807) is 17.3 Å². The summed E-state index contributed by atoms with van der Waals surface area (Å²) in [5.41, 5.74) is 5.67. The summed E-state index contributed by atoms with van der Waals surface area (Å²) >= 11 is 5.11. The summed E-state index contributed by atoms with van der Waals surface area (Å²) in [7, 11) is 0. The SMILES string of the molecule is CC1=CC(=S)N2NN(C(=O)NN)C=C2N1. The van der Waals surface area contributed by atoms with Gasteiger partial charge >= 0.3 is 6.03 Å². The van der Waals surface area contributed by atoms with Crippen LogP contribution in [-0.4, -0.2) is 21.0 Å². The highest BCUT2D eigenvalue weighted by molar-refractivity contribution is 7.80. The molecule has 0 aromatic rings. The molecule has 0 radical (unpaired) electrons. The lowest BCUT2D eigenvalue weighted by atomic mass is 10.3. The van der Waals surface area contributed by atoms with Gasteiger partial charge in [-0.25, -0.2) is 20.7 Å². The molecule has 0 atom stereocenters. The fraction of sp³-hybridized carbons (Fsp3) is 0.143. The van der Waals surface area contributed by atoms with Gasteiger partial charge in [0.15, 0.2) is 0 Å². The molecule has 2 rings (SSSR count). The van der Waals surface area contributed by atoms with Gasteiger partial charge in [-0.05, 0) is 13.0 Å². The lowest BCUT2D eigenvalue weighted by molar-refractivity contribution is 0.173. The lowest BCUT2D eigenvalue weighted by Gasteiger charge is -2.26. The third-order valence-electron chi connectivity index (χ3n) is 1.93. The Kier molecular flexibility index (Phi) is 2.31. The first-order chi connectivity index (χ1) is 7.11. The smallest absolute Gasteiger partial charge is 0.343 e. The Bertz CT molecular complexity index is 389. The maximum atomic E-state index is 11.2. The van der Waals surface area contributed by atoms with Crippen LogP contribution < -0.4 is 22.1 Å². The number of nitrogens with one attached hydrogen (secondary N) is 3. The Morgan fingerprint density at radius 1 is 1.67 bits per heavy atom. The van der Waals surface area contributed by atoms with Crippen LogP contribution in [0.25, 0.3) is 0 Å². The van der Waals surface area contributed by atoms with E-state index < -0.39 is 6.03 Å². The Labute approximate surface area is 91.5 Å². The van der Waals surface area contributed by atoms with E-state index in [4.69, 9.17) is 18.1 Å². The van der Waals surface area contributed by atoms with Gasteiger partial charge in [0.1, 0.15) is 10.8 Å². The number of allylic oxidation sites excluding steroid dienone is 1. The van der Waals surface area contributed by atoms with Crippen LogP contribution in [-0.2, 0) is 0 Å². The number of thiocarbonyl (C=S) groups is 1. The predicted molar refractivity (Wildman–Crippen MR) is 57.1 cm³/mol. The van der Waals surface area contributed by atoms with Crippen LogP contribution in [0.4, 0.5) is 4.79 Å². The summed E-state index contributed by atoms with van der Waals surface area (Å²) in [4.78, 5) is 11.8. The predicted octanol–water partition coefficient (Wildman–Crippen LogP) is -0.760. The van der Waals surface area contributed by atoms with E-state index >= 15 is 0 Å². The van der Waals surface area contributed by atoms with Crippen LogP contribution >= 0.6 is 12.2 Å². The molecule has 2 aliphatic heterocycles. The first-order valence-corrected chi connectivity index (χ1v) is 4.60. The molecule has 2 heterocycles. The number of nitrogens with zero attached hydrogens (tertiary/aromatic N) is 2. The zero-order valence-corrected chi connectivity index (χ0v) is 8.76. The highest BCUT2D eigenvalue weighted by Crippen LogP contribution is 2.16. The number of carbonyl (C=O) groups excluding carboxylic acids is 1. The Balaban J connectivity index is 2.21. The third kappa shape index (κ3) is 1.65. The van der Waals surface area contributed by atoms with Crippen LogP contribution in [0.2, 0.25) is 0 Å². The number of hydrogen-bond acceptors (Lipinski definition) is 5. The molecule has 2 aliphatic rings. The van der Waals surface area contributed by atoms with Gasteiger partial charge in [-0.15, -0.1) is 5.53 Å². The van der Waals surface area contributed by atoms with E-state index in [1.165, 1.54) is 5.01 Å². The monoisotopic (exact) mass is 226 g/mol. The summed E-state index contributed by atoms with van der Waals surface area (Å²) in [6, 6.07) is -0.473. The molecule has 5 N–H and O–H groups in total. The van der Waals surface area contributed by atoms with Gasteiger partial charge in [0.25, 0.3) is 0 Å². The van der Waals surface area contributed by atoms with Crippen molar-refractivity contribution in [2.75, 3.05) is 0 Å². The van der Waals surface area contributed by atoms with Crippen molar-refractivity contribution >= 4 is 23.2 Å². The third-order valence-corrected chi connectivity index (χ3v) is 2.23. The molecule has 0 unspecified atom stereocenters. The molecular formula is C7H10N6OS. The van der Waals surface area contributed by atoms with Crippen molar-refractivity contribution in [1.29, 1.82) is 0 Å². The van der Waals surface area contributed by atoms with Crippen LogP contribution in [0.1, 0.15) is 6.92 Å². The minimum atomic E-state index is -0.473. The maximum absolute atomic E-state index is 11.2. The first-order valence-electron chi connectivity index (χ1n) is 4.19. The number of amides is 2. The van der Waals surface area contributed by atoms with Crippen molar-refractivity contribution in [3.8, 4) is 0 Å². The number of nitrogens with two attached hydrogens (primary N) is 1. The molecule has 7 nitrogen and oxygen atoms in total. The molecule has 15 heavy (non-hydrogen) atoms. The van der Waals surface area contributed by atoms with Gasteiger partial charge in [0.2, 0.25) is 0 Å². The van der Waals surface area contributed by atoms with Gasteiger partial charge in [0.05, 0.1) is 6.20 Å². The maximum Gasteiger partial charge on any atom is 0.351 e. The largest absolute Gasteiger partial charge is 0.351 e. The Hall–Kier alpha value is -1.64. The summed E-state index contributed by atoms with van der Waals surface area (Å²) in [5.74, 6) is 5.69. The van der Waals surface area contributed by atoms with Crippen molar-refractivity contribution < 1.29 is 4.79 Å². The molecule has 0 spiro atoms. The van der Waals surface area contributed by atoms with Crippen LogP contribution in [0.15, 0.2) is 23.8 Å². The van der Waals surface area contributed by atoms with Gasteiger partial charge < -0.3 is 5.32 Å². The molecule has 8 heteroatoms. The summed E-state index contributed by atoms with van der Waals surface area (Å²) < 4.78 is 0. The zero-order valence-electron chi connectivity index (χ0n) is 7.94. The van der Waals surface area contributed by atoms with E-state index in [0.717, 1.165) is 5.70 Å². The lowest BCUT2D eigenvalue weighted by Crippen LogP contribution is -2.51. The van der Waals surface area contributed by atoms with Crippen molar-refractivity contribution in [3.05, 3.63) is 23.8 Å². The second-order valence-electron chi connectivity index (χ2n) is 3.06. The van der Waals surface area contributed by atoms with E-state index in [2.05, 4.69) is 10.9 Å². The van der Waals surface area contributed by atoms with Crippen molar-refractivity contribution in [2.24, 2.45) is 5.84 Å². The second-order valence-corrected chi connectivity index (χ2v) is 3.48. The number of fused-ring (bicyclic) bond motifs is 1. The summed E-state index contributed by atoms with van der Waals surface area (Å²) in [6.07, 6.45) is 3.34. The average Bonchev–Trinajstić information content (AvgIpc) is 2.60. The molecule has 80 valence electrons. The van der Waals surface area contributed by atoms with E-state index in [0.29, 0.717) is 10.8 Å². The molecule has 0 bridgehead atoms. The fourth-order valence-electron chi connectivity index (χ4n) is 1.29. The normalized spacial score (nSPS) is 19.2. The zero-order chi connectivity index (χ0) is 11.0. The standard InChI is InChI=1S/C7H10N6OS/c1-4-2-6(15)13-5(9-4)3-12(11-13)7(14)10-8/h2-3,9,11H,8H2,1H3,(H,10,14).